The Bertz CT molecular complexity index is 1300. The summed E-state index contributed by atoms with van der Waals surface area (Å²) in [6.07, 6.45) is 6.35. The number of sulfone groups is 1. The Balaban J connectivity index is 1.69. The van der Waals surface area contributed by atoms with Crippen LogP contribution in [0.5, 0.6) is 11.5 Å². The predicted molar refractivity (Wildman–Crippen MR) is 108 cm³/mol. The molecule has 29 heavy (non-hydrogen) atoms. The van der Waals surface area contributed by atoms with E-state index in [4.69, 9.17) is 9.47 Å². The van der Waals surface area contributed by atoms with Crippen molar-refractivity contribution < 1.29 is 17.9 Å². The molecule has 0 aliphatic carbocycles. The third kappa shape index (κ3) is 3.64. The molecule has 0 N–H and O–H groups in total. The summed E-state index contributed by atoms with van der Waals surface area (Å²) in [6, 6.07) is 10.2. The normalized spacial score (nSPS) is 11.6. The van der Waals surface area contributed by atoms with Gasteiger partial charge in [-0.05, 0) is 23.8 Å². The minimum atomic E-state index is -3.23. The Morgan fingerprint density at radius 1 is 0.931 bits per heavy atom. The van der Waals surface area contributed by atoms with Gasteiger partial charge in [0, 0.05) is 35.7 Å². The summed E-state index contributed by atoms with van der Waals surface area (Å²) in [5.74, 6) is 1.59. The van der Waals surface area contributed by atoms with Gasteiger partial charge >= 0.3 is 0 Å². The van der Waals surface area contributed by atoms with Gasteiger partial charge in [-0.25, -0.2) is 23.1 Å². The van der Waals surface area contributed by atoms with Crippen LogP contribution in [0.25, 0.3) is 28.0 Å². The molecule has 0 fully saturated rings. The number of aromatic nitrogens is 4. The summed E-state index contributed by atoms with van der Waals surface area (Å²) >= 11 is 0. The van der Waals surface area contributed by atoms with Crippen LogP contribution in [-0.4, -0.2) is 48.6 Å². The molecular formula is C20H18N4O4S. The van der Waals surface area contributed by atoms with Crippen LogP contribution in [0.3, 0.4) is 0 Å². The smallest absolute Gasteiger partial charge is 0.251 e. The molecule has 0 saturated carbocycles. The SMILES string of the molecule is COc1cc2cnc(-n3cc(-c4ccc(S(C)(=O)=O)cc4)cn3)nc2cc1OC. The number of nitrogens with zero attached hydrogens (tertiary/aromatic N) is 4. The van der Waals surface area contributed by atoms with E-state index in [0.29, 0.717) is 23.0 Å². The second-order valence-corrected chi connectivity index (χ2v) is 8.42. The second-order valence-electron chi connectivity index (χ2n) is 6.41. The van der Waals surface area contributed by atoms with Gasteiger partial charge in [0.15, 0.2) is 21.3 Å². The maximum Gasteiger partial charge on any atom is 0.251 e. The van der Waals surface area contributed by atoms with Crippen LogP contribution in [-0.2, 0) is 9.84 Å². The molecule has 0 aliphatic heterocycles. The number of methoxy groups -OCH3 is 2. The molecule has 2 aromatic carbocycles. The fourth-order valence-electron chi connectivity index (χ4n) is 2.93. The summed E-state index contributed by atoms with van der Waals surface area (Å²) in [5, 5.41) is 5.15. The van der Waals surface area contributed by atoms with Crippen molar-refractivity contribution in [3.63, 3.8) is 0 Å². The van der Waals surface area contributed by atoms with Crippen LogP contribution in [0.15, 0.2) is 59.9 Å². The topological polar surface area (TPSA) is 96.2 Å². The molecule has 4 aromatic rings. The fourth-order valence-corrected chi connectivity index (χ4v) is 3.56. The number of hydrogen-bond donors (Lipinski definition) is 0. The van der Waals surface area contributed by atoms with Gasteiger partial charge in [-0.15, -0.1) is 0 Å². The molecule has 0 saturated heterocycles. The average Bonchev–Trinajstić information content (AvgIpc) is 3.22. The van der Waals surface area contributed by atoms with E-state index in [1.54, 1.807) is 67.8 Å². The molecule has 0 amide bonds. The Kier molecular flexibility index (Phi) is 4.67. The second kappa shape index (κ2) is 7.17. The lowest BCUT2D eigenvalue weighted by molar-refractivity contribution is 0.356. The van der Waals surface area contributed by atoms with E-state index in [1.807, 2.05) is 6.07 Å². The summed E-state index contributed by atoms with van der Waals surface area (Å²) in [6.45, 7) is 0. The fraction of sp³-hybridized carbons (Fsp3) is 0.150. The van der Waals surface area contributed by atoms with Crippen molar-refractivity contribution in [2.45, 2.75) is 4.90 Å². The first-order chi connectivity index (χ1) is 13.9. The molecule has 0 unspecified atom stereocenters. The minimum Gasteiger partial charge on any atom is -0.493 e. The zero-order valence-electron chi connectivity index (χ0n) is 16.0. The third-order valence-corrected chi connectivity index (χ3v) is 5.60. The van der Waals surface area contributed by atoms with Crippen molar-refractivity contribution >= 4 is 20.7 Å². The van der Waals surface area contributed by atoms with E-state index in [1.165, 1.54) is 6.26 Å². The number of fused-ring (bicyclic) bond motifs is 1. The highest BCUT2D eigenvalue weighted by atomic mass is 32.2. The van der Waals surface area contributed by atoms with Crippen molar-refractivity contribution in [3.8, 4) is 28.6 Å². The summed E-state index contributed by atoms with van der Waals surface area (Å²) < 4.78 is 35.4. The standard InChI is InChI=1S/C20H18N4O4S/c1-27-18-8-14-10-21-20(23-17(14)9-19(18)28-2)24-12-15(11-22-24)13-4-6-16(7-5-13)29(3,25)26/h4-12H,1-3H3. The van der Waals surface area contributed by atoms with Gasteiger partial charge in [0.05, 0.1) is 30.8 Å². The molecule has 9 heteroatoms. The molecule has 8 nitrogen and oxygen atoms in total. The lowest BCUT2D eigenvalue weighted by Gasteiger charge is -2.09. The van der Waals surface area contributed by atoms with Gasteiger partial charge in [0.2, 0.25) is 0 Å². The van der Waals surface area contributed by atoms with Crippen LogP contribution >= 0.6 is 0 Å². The van der Waals surface area contributed by atoms with Gasteiger partial charge in [0.25, 0.3) is 5.95 Å². The summed E-state index contributed by atoms with van der Waals surface area (Å²) in [4.78, 5) is 9.21. The van der Waals surface area contributed by atoms with Gasteiger partial charge in [0.1, 0.15) is 0 Å². The number of rotatable bonds is 5. The number of benzene rings is 2. The van der Waals surface area contributed by atoms with Crippen LogP contribution in [0.2, 0.25) is 0 Å². The van der Waals surface area contributed by atoms with Crippen LogP contribution in [0.4, 0.5) is 0 Å². The maximum absolute atomic E-state index is 11.6. The van der Waals surface area contributed by atoms with E-state index < -0.39 is 9.84 Å². The molecule has 0 spiro atoms. The molecule has 4 rings (SSSR count). The van der Waals surface area contributed by atoms with Gasteiger partial charge in [-0.2, -0.15) is 5.10 Å². The Morgan fingerprint density at radius 2 is 1.62 bits per heavy atom. The van der Waals surface area contributed by atoms with Crippen molar-refractivity contribution in [3.05, 3.63) is 55.0 Å². The van der Waals surface area contributed by atoms with E-state index in [2.05, 4.69) is 15.1 Å². The van der Waals surface area contributed by atoms with Gasteiger partial charge < -0.3 is 9.47 Å². The first-order valence-electron chi connectivity index (χ1n) is 8.63. The van der Waals surface area contributed by atoms with Crippen LogP contribution in [0, 0.1) is 0 Å². The molecule has 148 valence electrons. The highest BCUT2D eigenvalue weighted by Gasteiger charge is 2.11. The minimum absolute atomic E-state index is 0.274. The Hall–Kier alpha value is -3.46. The van der Waals surface area contributed by atoms with Crippen molar-refractivity contribution in [1.29, 1.82) is 0 Å². The quantitative estimate of drug-likeness (QED) is 0.499. The van der Waals surface area contributed by atoms with E-state index in [-0.39, 0.29) is 4.90 Å². The molecule has 0 radical (unpaired) electrons. The lowest BCUT2D eigenvalue weighted by Crippen LogP contribution is -2.01. The zero-order valence-corrected chi connectivity index (χ0v) is 16.8. The number of ether oxygens (including phenoxy) is 2. The Morgan fingerprint density at radius 3 is 2.28 bits per heavy atom. The van der Waals surface area contributed by atoms with Crippen LogP contribution in [0.1, 0.15) is 0 Å². The first kappa shape index (κ1) is 18.9. The molecule has 2 heterocycles. The zero-order chi connectivity index (χ0) is 20.6. The highest BCUT2D eigenvalue weighted by Crippen LogP contribution is 2.31. The average molecular weight is 410 g/mol. The molecule has 0 aliphatic rings. The summed E-state index contributed by atoms with van der Waals surface area (Å²) in [5.41, 5.74) is 2.36. The molecular weight excluding hydrogens is 392 g/mol. The lowest BCUT2D eigenvalue weighted by atomic mass is 10.1. The maximum atomic E-state index is 11.6. The van der Waals surface area contributed by atoms with Gasteiger partial charge in [-0.1, -0.05) is 12.1 Å². The number of hydrogen-bond acceptors (Lipinski definition) is 7. The highest BCUT2D eigenvalue weighted by molar-refractivity contribution is 7.90. The molecule has 0 atom stereocenters. The van der Waals surface area contributed by atoms with Crippen LogP contribution < -0.4 is 9.47 Å². The van der Waals surface area contributed by atoms with Gasteiger partial charge in [-0.3, -0.25) is 0 Å². The third-order valence-electron chi connectivity index (χ3n) is 4.48. The predicted octanol–water partition coefficient (Wildman–Crippen LogP) is 2.90. The first-order valence-corrected chi connectivity index (χ1v) is 10.5. The largest absolute Gasteiger partial charge is 0.493 e. The van der Waals surface area contributed by atoms with Crippen molar-refractivity contribution in [1.82, 2.24) is 19.7 Å². The monoisotopic (exact) mass is 410 g/mol. The van der Waals surface area contributed by atoms with E-state index in [0.717, 1.165) is 16.5 Å². The van der Waals surface area contributed by atoms with E-state index >= 15 is 0 Å². The van der Waals surface area contributed by atoms with Crippen molar-refractivity contribution in [2.24, 2.45) is 0 Å². The molecule has 2 aromatic heterocycles. The Labute approximate surface area is 167 Å². The molecule has 0 bridgehead atoms. The van der Waals surface area contributed by atoms with Crippen molar-refractivity contribution in [2.75, 3.05) is 20.5 Å². The van der Waals surface area contributed by atoms with E-state index in [9.17, 15) is 8.42 Å². The summed E-state index contributed by atoms with van der Waals surface area (Å²) in [7, 11) is -0.0851.